The molecule has 2 rings (SSSR count). The van der Waals surface area contributed by atoms with Crippen molar-refractivity contribution in [1.82, 2.24) is 15.1 Å². The molecule has 1 N–H and O–H groups in total. The first-order valence-corrected chi connectivity index (χ1v) is 12.1. The van der Waals surface area contributed by atoms with Gasteiger partial charge in [0.05, 0.1) is 0 Å². The Balaban J connectivity index is 1.82. The molecule has 2 fully saturated rings. The second-order valence-corrected chi connectivity index (χ2v) is 10.3. The van der Waals surface area contributed by atoms with Crippen LogP contribution in [0.25, 0.3) is 0 Å². The third-order valence-corrected chi connectivity index (χ3v) is 6.76. The third kappa shape index (κ3) is 8.17. The van der Waals surface area contributed by atoms with Crippen LogP contribution in [0.4, 0.5) is 4.79 Å². The number of hydrogen-bond donors (Lipinski definition) is 1. The summed E-state index contributed by atoms with van der Waals surface area (Å²) in [7, 11) is 3.67. The van der Waals surface area contributed by atoms with Crippen LogP contribution >= 0.6 is 0 Å². The number of ether oxygens (including phenoxy) is 2. The van der Waals surface area contributed by atoms with Crippen molar-refractivity contribution in [3.05, 3.63) is 0 Å². The summed E-state index contributed by atoms with van der Waals surface area (Å²) < 4.78 is 10.9. The molecule has 2 aliphatic rings. The number of nitrogens with zero attached hydrogens (tertiary/aromatic N) is 3. The van der Waals surface area contributed by atoms with Gasteiger partial charge in [-0.1, -0.05) is 12.8 Å². The van der Waals surface area contributed by atoms with E-state index >= 15 is 0 Å². The van der Waals surface area contributed by atoms with Crippen molar-refractivity contribution >= 4 is 12.1 Å². The molecule has 1 saturated heterocycles. The molecule has 0 aromatic heterocycles. The van der Waals surface area contributed by atoms with E-state index in [1.54, 1.807) is 7.11 Å². The lowest BCUT2D eigenvalue weighted by atomic mass is 9.83. The zero-order valence-corrected chi connectivity index (χ0v) is 20.8. The summed E-state index contributed by atoms with van der Waals surface area (Å²) in [6, 6.07) is 0. The van der Waals surface area contributed by atoms with Gasteiger partial charge in [0.15, 0.2) is 5.96 Å². The van der Waals surface area contributed by atoms with Gasteiger partial charge in [0.2, 0.25) is 0 Å². The van der Waals surface area contributed by atoms with Crippen molar-refractivity contribution in [1.29, 1.82) is 0 Å². The molecule has 1 aliphatic carbocycles. The van der Waals surface area contributed by atoms with Crippen molar-refractivity contribution in [2.45, 2.75) is 78.2 Å². The van der Waals surface area contributed by atoms with Gasteiger partial charge in [-0.3, -0.25) is 4.99 Å². The van der Waals surface area contributed by atoms with E-state index in [9.17, 15) is 4.79 Å². The maximum absolute atomic E-state index is 12.5. The number of carbonyl (C=O) groups is 1. The zero-order valence-electron chi connectivity index (χ0n) is 20.8. The monoisotopic (exact) mass is 438 g/mol. The van der Waals surface area contributed by atoms with E-state index in [-0.39, 0.29) is 6.09 Å². The Morgan fingerprint density at radius 3 is 2.39 bits per heavy atom. The third-order valence-electron chi connectivity index (χ3n) is 6.76. The highest BCUT2D eigenvalue weighted by atomic mass is 16.6. The second-order valence-electron chi connectivity index (χ2n) is 10.3. The Kier molecular flexibility index (Phi) is 9.91. The second kappa shape index (κ2) is 11.9. The number of aliphatic imine (C=N–C) groups is 1. The van der Waals surface area contributed by atoms with E-state index in [0.29, 0.717) is 17.9 Å². The lowest BCUT2D eigenvalue weighted by molar-refractivity contribution is 0.0214. The van der Waals surface area contributed by atoms with Gasteiger partial charge in [-0.25, -0.2) is 4.79 Å². The summed E-state index contributed by atoms with van der Waals surface area (Å²) in [4.78, 5) is 21.2. The number of methoxy groups -OCH3 is 1. The molecule has 1 saturated carbocycles. The number of carbonyl (C=O) groups excluding carboxylic acids is 1. The molecule has 0 aromatic carbocycles. The predicted molar refractivity (Wildman–Crippen MR) is 127 cm³/mol. The van der Waals surface area contributed by atoms with Crippen LogP contribution in [0.2, 0.25) is 0 Å². The van der Waals surface area contributed by atoms with E-state index in [1.807, 2.05) is 39.6 Å². The van der Waals surface area contributed by atoms with Crippen LogP contribution in [0.5, 0.6) is 0 Å². The smallest absolute Gasteiger partial charge is 0.410 e. The molecular weight excluding hydrogens is 392 g/mol. The van der Waals surface area contributed by atoms with Gasteiger partial charge in [-0.15, -0.1) is 0 Å². The van der Waals surface area contributed by atoms with Crippen LogP contribution in [0.3, 0.4) is 0 Å². The highest BCUT2D eigenvalue weighted by Gasteiger charge is 2.34. The van der Waals surface area contributed by atoms with Gasteiger partial charge in [0.25, 0.3) is 0 Å². The Bertz CT molecular complexity index is 574. The molecule has 0 radical (unpaired) electrons. The van der Waals surface area contributed by atoms with Crippen LogP contribution in [-0.4, -0.2) is 80.9 Å². The average Bonchev–Trinajstić information content (AvgIpc) is 3.19. The van der Waals surface area contributed by atoms with E-state index in [1.165, 1.54) is 25.7 Å². The predicted octanol–water partition coefficient (Wildman–Crippen LogP) is 4.13. The van der Waals surface area contributed by atoms with Crippen molar-refractivity contribution < 1.29 is 14.3 Å². The van der Waals surface area contributed by atoms with Crippen LogP contribution in [0, 0.1) is 11.3 Å². The fourth-order valence-corrected chi connectivity index (χ4v) is 4.86. The van der Waals surface area contributed by atoms with Gasteiger partial charge in [0, 0.05) is 53.5 Å². The van der Waals surface area contributed by atoms with E-state index in [2.05, 4.69) is 15.2 Å². The first-order valence-electron chi connectivity index (χ1n) is 12.1. The van der Waals surface area contributed by atoms with Gasteiger partial charge < -0.3 is 24.6 Å². The summed E-state index contributed by atoms with van der Waals surface area (Å²) in [5, 5.41) is 3.68. The molecule has 1 amide bonds. The van der Waals surface area contributed by atoms with Crippen molar-refractivity contribution in [2.75, 3.05) is 53.5 Å². The topological polar surface area (TPSA) is 66.4 Å². The number of guanidine groups is 1. The number of rotatable bonds is 8. The SMILES string of the molecule is CCN(CC1CCN(C(=NC)NCC2(CCOC)CCCC2)CC1)C(=O)OC(C)(C)C. The van der Waals surface area contributed by atoms with Crippen molar-refractivity contribution in [2.24, 2.45) is 16.3 Å². The zero-order chi connectivity index (χ0) is 22.9. The minimum Gasteiger partial charge on any atom is -0.444 e. The Morgan fingerprint density at radius 1 is 1.23 bits per heavy atom. The van der Waals surface area contributed by atoms with Crippen molar-refractivity contribution in [3.8, 4) is 0 Å². The summed E-state index contributed by atoms with van der Waals surface area (Å²) in [5.41, 5.74) is -0.106. The van der Waals surface area contributed by atoms with Crippen LogP contribution < -0.4 is 5.32 Å². The number of piperidine rings is 1. The summed E-state index contributed by atoms with van der Waals surface area (Å²) in [6.45, 7) is 13.0. The highest BCUT2D eigenvalue weighted by molar-refractivity contribution is 5.80. The summed E-state index contributed by atoms with van der Waals surface area (Å²) >= 11 is 0. The number of nitrogens with one attached hydrogen (secondary N) is 1. The first kappa shape index (κ1) is 25.8. The largest absolute Gasteiger partial charge is 0.444 e. The van der Waals surface area contributed by atoms with Gasteiger partial charge in [0.1, 0.15) is 5.60 Å². The lowest BCUT2D eigenvalue weighted by Gasteiger charge is -2.38. The maximum Gasteiger partial charge on any atom is 0.410 e. The molecule has 0 atom stereocenters. The van der Waals surface area contributed by atoms with E-state index in [4.69, 9.17) is 9.47 Å². The number of likely N-dealkylation sites (tertiary alicyclic amines) is 1. The molecule has 0 spiro atoms. The Morgan fingerprint density at radius 2 is 1.87 bits per heavy atom. The molecule has 0 aromatic rings. The molecule has 31 heavy (non-hydrogen) atoms. The Labute approximate surface area is 189 Å². The molecule has 0 bridgehead atoms. The van der Waals surface area contributed by atoms with E-state index < -0.39 is 5.60 Å². The van der Waals surface area contributed by atoms with Crippen LogP contribution in [0.15, 0.2) is 4.99 Å². The van der Waals surface area contributed by atoms with Crippen LogP contribution in [-0.2, 0) is 9.47 Å². The fraction of sp³-hybridized carbons (Fsp3) is 0.917. The van der Waals surface area contributed by atoms with Crippen LogP contribution in [0.1, 0.15) is 72.6 Å². The van der Waals surface area contributed by atoms with Gasteiger partial charge >= 0.3 is 6.09 Å². The molecule has 7 nitrogen and oxygen atoms in total. The quantitative estimate of drug-likeness (QED) is 0.456. The molecular formula is C24H46N4O3. The summed E-state index contributed by atoms with van der Waals surface area (Å²) in [5.74, 6) is 1.52. The summed E-state index contributed by atoms with van der Waals surface area (Å²) in [6.07, 6.45) is 8.24. The van der Waals surface area contributed by atoms with Gasteiger partial charge in [-0.2, -0.15) is 0 Å². The number of hydrogen-bond acceptors (Lipinski definition) is 4. The highest BCUT2D eigenvalue weighted by Crippen LogP contribution is 2.40. The van der Waals surface area contributed by atoms with Gasteiger partial charge in [-0.05, 0) is 71.1 Å². The molecule has 1 aliphatic heterocycles. The lowest BCUT2D eigenvalue weighted by Crippen LogP contribution is -2.49. The molecule has 1 heterocycles. The first-order chi connectivity index (χ1) is 14.7. The normalized spacial score (nSPS) is 20.1. The van der Waals surface area contributed by atoms with E-state index in [0.717, 1.165) is 58.0 Å². The molecule has 180 valence electrons. The molecule has 7 heteroatoms. The Hall–Kier alpha value is -1.50. The minimum atomic E-state index is -0.452. The average molecular weight is 439 g/mol. The van der Waals surface area contributed by atoms with Crippen molar-refractivity contribution in [3.63, 3.8) is 0 Å². The minimum absolute atomic E-state index is 0.201. The fourth-order valence-electron chi connectivity index (χ4n) is 4.86. The number of amides is 1. The standard InChI is InChI=1S/C24H46N4O3/c1-7-27(22(29)31-23(2,3)4)18-20-10-15-28(16-11-20)21(25-5)26-19-24(14-17-30-6)12-8-9-13-24/h20H,7-19H2,1-6H3,(H,25,26). The molecule has 0 unspecified atom stereocenters. The maximum atomic E-state index is 12.5.